The van der Waals surface area contributed by atoms with Crippen molar-refractivity contribution >= 4 is 8.24 Å². The lowest BCUT2D eigenvalue weighted by Crippen LogP contribution is -2.56. The average Bonchev–Trinajstić information content (AvgIpc) is 2.29. The third kappa shape index (κ3) is 3.10. The second-order valence-corrected chi connectivity index (χ2v) is 10.3. The van der Waals surface area contributed by atoms with Gasteiger partial charge in [0.15, 0.2) is 0 Å². The summed E-state index contributed by atoms with van der Waals surface area (Å²) in [5, 5.41) is 0. The number of nitrogens with one attached hydrogen (secondary N) is 1. The minimum Gasteiger partial charge on any atom is -0.332 e. The highest BCUT2D eigenvalue weighted by atomic mass is 28.3. The van der Waals surface area contributed by atoms with Crippen LogP contribution in [0.3, 0.4) is 0 Å². The lowest BCUT2D eigenvalue weighted by Gasteiger charge is -2.36. The van der Waals surface area contributed by atoms with E-state index in [1.165, 1.54) is 5.57 Å². The molecule has 0 heterocycles. The fraction of sp³-hybridized carbons (Fsp3) is 0.667. The van der Waals surface area contributed by atoms with E-state index in [-0.39, 0.29) is 5.54 Å². The van der Waals surface area contributed by atoms with Gasteiger partial charge in [0.25, 0.3) is 0 Å². The van der Waals surface area contributed by atoms with Crippen molar-refractivity contribution < 1.29 is 0 Å². The van der Waals surface area contributed by atoms with Crippen molar-refractivity contribution in [3.8, 4) is 0 Å². The predicted molar refractivity (Wildman–Crippen MR) is 67.0 cm³/mol. The van der Waals surface area contributed by atoms with Crippen LogP contribution in [0.15, 0.2) is 23.8 Å². The zero-order chi connectivity index (χ0) is 11.0. The Hall–Kier alpha value is -0.343. The molecule has 0 spiro atoms. The minimum atomic E-state index is -1.36. The highest BCUT2D eigenvalue weighted by Crippen LogP contribution is 2.30. The van der Waals surface area contributed by atoms with Crippen molar-refractivity contribution in [3.05, 3.63) is 23.8 Å². The summed E-state index contributed by atoms with van der Waals surface area (Å²) in [6.45, 7) is 13.7. The van der Waals surface area contributed by atoms with E-state index in [0.29, 0.717) is 5.54 Å². The smallest absolute Gasteiger partial charge is 0.130 e. The van der Waals surface area contributed by atoms with Crippen molar-refractivity contribution in [2.75, 3.05) is 0 Å². The quantitative estimate of drug-likeness (QED) is 0.687. The van der Waals surface area contributed by atoms with E-state index in [1.54, 1.807) is 0 Å². The topological polar surface area (TPSA) is 12.0 Å². The van der Waals surface area contributed by atoms with Gasteiger partial charge in [0, 0.05) is 11.1 Å². The van der Waals surface area contributed by atoms with Crippen LogP contribution in [0.5, 0.6) is 0 Å². The van der Waals surface area contributed by atoms with Gasteiger partial charge in [-0.3, -0.25) is 0 Å². The highest BCUT2D eigenvalue weighted by molar-refractivity contribution is 6.77. The molecule has 0 aromatic carbocycles. The molecular weight excluding hydrogens is 186 g/mol. The first kappa shape index (κ1) is 11.7. The third-order valence-corrected chi connectivity index (χ3v) is 5.96. The zero-order valence-corrected chi connectivity index (χ0v) is 11.3. The van der Waals surface area contributed by atoms with Gasteiger partial charge in [-0.1, -0.05) is 36.9 Å². The van der Waals surface area contributed by atoms with Gasteiger partial charge in [-0.2, -0.15) is 0 Å². The first-order valence-electron chi connectivity index (χ1n) is 5.37. The summed E-state index contributed by atoms with van der Waals surface area (Å²) in [5.74, 6) is 0. The summed E-state index contributed by atoms with van der Waals surface area (Å²) in [7, 11) is -1.36. The van der Waals surface area contributed by atoms with E-state index in [9.17, 15) is 0 Å². The largest absolute Gasteiger partial charge is 0.332 e. The molecule has 1 aliphatic rings. The van der Waals surface area contributed by atoms with Gasteiger partial charge in [-0.15, -0.1) is 0 Å². The van der Waals surface area contributed by atoms with Gasteiger partial charge in [0.05, 0.1) is 0 Å². The molecule has 0 saturated heterocycles. The van der Waals surface area contributed by atoms with Gasteiger partial charge in [0.2, 0.25) is 0 Å². The van der Waals surface area contributed by atoms with Crippen LogP contribution < -0.4 is 4.98 Å². The molecule has 80 valence electrons. The molecular formula is C12H23NSi. The number of allylic oxidation sites excluding steroid dienone is 4. The molecule has 1 atom stereocenters. The maximum Gasteiger partial charge on any atom is 0.130 e. The SMILES string of the molecule is CC1=CC([Si](C)(C)NC(C)(C)C)C=C1. The number of hydrogen-bond donors (Lipinski definition) is 1. The molecule has 1 unspecified atom stereocenters. The average molecular weight is 209 g/mol. The van der Waals surface area contributed by atoms with Gasteiger partial charge in [-0.25, -0.2) is 0 Å². The molecule has 1 rings (SSSR count). The normalized spacial score (nSPS) is 22.7. The molecule has 0 amide bonds. The fourth-order valence-corrected chi connectivity index (χ4v) is 5.51. The molecule has 14 heavy (non-hydrogen) atoms. The Labute approximate surface area is 89.4 Å². The summed E-state index contributed by atoms with van der Waals surface area (Å²) in [4.78, 5) is 3.80. The molecule has 0 aromatic heterocycles. The molecule has 0 saturated carbocycles. The van der Waals surface area contributed by atoms with E-state index in [2.05, 4.69) is 64.0 Å². The van der Waals surface area contributed by atoms with E-state index in [4.69, 9.17) is 0 Å². The minimum absolute atomic E-state index is 0.230. The zero-order valence-electron chi connectivity index (χ0n) is 10.3. The highest BCUT2D eigenvalue weighted by Gasteiger charge is 2.33. The van der Waals surface area contributed by atoms with Crippen LogP contribution in [0.4, 0.5) is 0 Å². The van der Waals surface area contributed by atoms with Crippen LogP contribution in [-0.4, -0.2) is 13.8 Å². The molecule has 0 radical (unpaired) electrons. The molecule has 0 aliphatic heterocycles. The van der Waals surface area contributed by atoms with Crippen LogP contribution in [0.2, 0.25) is 18.6 Å². The summed E-state index contributed by atoms with van der Waals surface area (Å²) in [6.07, 6.45) is 6.98. The molecule has 2 heteroatoms. The molecule has 1 nitrogen and oxygen atoms in total. The summed E-state index contributed by atoms with van der Waals surface area (Å²) in [5.41, 5.74) is 2.29. The first-order chi connectivity index (χ1) is 6.21. The fourth-order valence-electron chi connectivity index (χ4n) is 2.15. The molecule has 0 aromatic rings. The van der Waals surface area contributed by atoms with E-state index in [0.717, 1.165) is 0 Å². The van der Waals surface area contributed by atoms with Crippen LogP contribution in [0.1, 0.15) is 27.7 Å². The maximum absolute atomic E-state index is 3.80. The lowest BCUT2D eigenvalue weighted by molar-refractivity contribution is 0.510. The molecule has 0 bridgehead atoms. The van der Waals surface area contributed by atoms with E-state index in [1.807, 2.05) is 0 Å². The van der Waals surface area contributed by atoms with Crippen LogP contribution in [0.25, 0.3) is 0 Å². The number of hydrogen-bond acceptors (Lipinski definition) is 1. The van der Waals surface area contributed by atoms with Crippen molar-refractivity contribution in [2.24, 2.45) is 0 Å². The predicted octanol–water partition coefficient (Wildman–Crippen LogP) is 3.47. The summed E-state index contributed by atoms with van der Waals surface area (Å²) < 4.78 is 0. The monoisotopic (exact) mass is 209 g/mol. The lowest BCUT2D eigenvalue weighted by atomic mass is 10.1. The summed E-state index contributed by atoms with van der Waals surface area (Å²) >= 11 is 0. The van der Waals surface area contributed by atoms with Gasteiger partial charge in [0.1, 0.15) is 8.24 Å². The van der Waals surface area contributed by atoms with Crippen LogP contribution in [-0.2, 0) is 0 Å². The van der Waals surface area contributed by atoms with Crippen LogP contribution in [0, 0.1) is 0 Å². The van der Waals surface area contributed by atoms with Crippen molar-refractivity contribution in [1.29, 1.82) is 0 Å². The second-order valence-electron chi connectivity index (χ2n) is 5.89. The molecule has 0 fully saturated rings. The van der Waals surface area contributed by atoms with Crippen molar-refractivity contribution in [2.45, 2.75) is 51.9 Å². The second kappa shape index (κ2) is 3.67. The van der Waals surface area contributed by atoms with Crippen molar-refractivity contribution in [3.63, 3.8) is 0 Å². The van der Waals surface area contributed by atoms with Gasteiger partial charge >= 0.3 is 0 Å². The number of rotatable bonds is 2. The Morgan fingerprint density at radius 3 is 2.21 bits per heavy atom. The maximum atomic E-state index is 3.80. The Morgan fingerprint density at radius 1 is 1.29 bits per heavy atom. The van der Waals surface area contributed by atoms with Gasteiger partial charge < -0.3 is 4.98 Å². The molecule has 1 aliphatic carbocycles. The van der Waals surface area contributed by atoms with E-state index < -0.39 is 8.24 Å². The Bertz CT molecular complexity index is 269. The van der Waals surface area contributed by atoms with E-state index >= 15 is 0 Å². The van der Waals surface area contributed by atoms with Crippen LogP contribution >= 0.6 is 0 Å². The standard InChI is InChI=1S/C12H23NSi/c1-10-7-8-11(9-10)14(5,6)13-12(2,3)4/h7-9,11,13H,1-6H3. The first-order valence-corrected chi connectivity index (χ1v) is 8.44. The Kier molecular flexibility index (Phi) is 3.07. The summed E-state index contributed by atoms with van der Waals surface area (Å²) in [6, 6.07) is 0. The van der Waals surface area contributed by atoms with Crippen molar-refractivity contribution in [1.82, 2.24) is 4.98 Å². The molecule has 1 N–H and O–H groups in total. The third-order valence-electron chi connectivity index (χ3n) is 2.54. The Morgan fingerprint density at radius 2 is 1.86 bits per heavy atom. The van der Waals surface area contributed by atoms with Gasteiger partial charge in [-0.05, 0) is 27.7 Å². The Balaban J connectivity index is 2.72.